The lowest BCUT2D eigenvalue weighted by Crippen LogP contribution is -2.30. The largest absolute Gasteiger partial charge is 0.351 e. The van der Waals surface area contributed by atoms with Crippen molar-refractivity contribution in [3.05, 3.63) is 39.9 Å². The average molecular weight is 235 g/mol. The molecule has 3 N–H and O–H groups in total. The second-order valence-corrected chi connectivity index (χ2v) is 4.18. The van der Waals surface area contributed by atoms with E-state index in [2.05, 4.69) is 5.32 Å². The molecule has 0 spiro atoms. The molecule has 0 radical (unpaired) electrons. The maximum absolute atomic E-state index is 11.6. The molecule has 1 aliphatic carbocycles. The van der Waals surface area contributed by atoms with Crippen molar-refractivity contribution < 1.29 is 9.72 Å². The molecule has 2 rings (SSSR count). The van der Waals surface area contributed by atoms with Crippen molar-refractivity contribution in [1.82, 2.24) is 5.32 Å². The molecule has 1 aromatic carbocycles. The number of carbonyl (C=O) groups is 1. The van der Waals surface area contributed by atoms with Gasteiger partial charge in [-0.05, 0) is 12.0 Å². The van der Waals surface area contributed by atoms with E-state index in [1.165, 1.54) is 12.1 Å². The SMILES string of the molecule is NC1CC1NC(=O)Cc1cccc([N+](=O)[O-])c1. The summed E-state index contributed by atoms with van der Waals surface area (Å²) in [6, 6.07) is 6.21. The summed E-state index contributed by atoms with van der Waals surface area (Å²) in [5.74, 6) is -0.150. The van der Waals surface area contributed by atoms with E-state index in [1.807, 2.05) is 0 Å². The molecule has 90 valence electrons. The highest BCUT2D eigenvalue weighted by atomic mass is 16.6. The Balaban J connectivity index is 1.95. The summed E-state index contributed by atoms with van der Waals surface area (Å²) in [5, 5.41) is 13.3. The van der Waals surface area contributed by atoms with Gasteiger partial charge < -0.3 is 11.1 Å². The Morgan fingerprint density at radius 3 is 2.88 bits per heavy atom. The van der Waals surface area contributed by atoms with Crippen molar-refractivity contribution >= 4 is 11.6 Å². The van der Waals surface area contributed by atoms with Gasteiger partial charge in [0.2, 0.25) is 5.91 Å². The van der Waals surface area contributed by atoms with E-state index in [-0.39, 0.29) is 30.1 Å². The summed E-state index contributed by atoms with van der Waals surface area (Å²) >= 11 is 0. The molecule has 6 heteroatoms. The van der Waals surface area contributed by atoms with Gasteiger partial charge in [0.25, 0.3) is 5.69 Å². The first-order chi connectivity index (χ1) is 8.06. The minimum atomic E-state index is -0.474. The molecule has 0 aromatic heterocycles. The number of hydrogen-bond donors (Lipinski definition) is 2. The number of nitro benzene ring substituents is 1. The van der Waals surface area contributed by atoms with Crippen LogP contribution in [0.2, 0.25) is 0 Å². The fourth-order valence-corrected chi connectivity index (χ4v) is 1.60. The number of rotatable bonds is 4. The van der Waals surface area contributed by atoms with E-state index >= 15 is 0 Å². The number of nitrogens with one attached hydrogen (secondary N) is 1. The highest BCUT2D eigenvalue weighted by Crippen LogP contribution is 2.18. The van der Waals surface area contributed by atoms with E-state index in [0.717, 1.165) is 6.42 Å². The number of amides is 1. The van der Waals surface area contributed by atoms with Gasteiger partial charge in [-0.2, -0.15) is 0 Å². The third-order valence-corrected chi connectivity index (χ3v) is 2.67. The fraction of sp³-hybridized carbons (Fsp3) is 0.364. The molecule has 2 atom stereocenters. The van der Waals surface area contributed by atoms with Crippen LogP contribution in [0.3, 0.4) is 0 Å². The summed E-state index contributed by atoms with van der Waals surface area (Å²) in [5.41, 5.74) is 6.20. The van der Waals surface area contributed by atoms with Gasteiger partial charge in [0, 0.05) is 24.2 Å². The average Bonchev–Trinajstić information content (AvgIpc) is 2.94. The lowest BCUT2D eigenvalue weighted by atomic mass is 10.1. The van der Waals surface area contributed by atoms with Crippen LogP contribution in [0.4, 0.5) is 5.69 Å². The molecular formula is C11H13N3O3. The molecule has 0 bridgehead atoms. The van der Waals surface area contributed by atoms with Crippen LogP contribution in [0, 0.1) is 10.1 Å². The molecule has 1 fully saturated rings. The zero-order chi connectivity index (χ0) is 12.4. The van der Waals surface area contributed by atoms with Crippen LogP contribution < -0.4 is 11.1 Å². The van der Waals surface area contributed by atoms with Crippen LogP contribution in [0.15, 0.2) is 24.3 Å². The molecule has 0 heterocycles. The lowest BCUT2D eigenvalue weighted by molar-refractivity contribution is -0.384. The number of nitro groups is 1. The first kappa shape index (κ1) is 11.5. The van der Waals surface area contributed by atoms with Crippen LogP contribution in [0.5, 0.6) is 0 Å². The van der Waals surface area contributed by atoms with Crippen molar-refractivity contribution in [3.63, 3.8) is 0 Å². The number of hydrogen-bond acceptors (Lipinski definition) is 4. The van der Waals surface area contributed by atoms with Crippen LogP contribution in [-0.2, 0) is 11.2 Å². The third kappa shape index (κ3) is 3.01. The molecule has 6 nitrogen and oxygen atoms in total. The predicted octanol–water partition coefficient (Wildman–Crippen LogP) is 0.353. The van der Waals surface area contributed by atoms with E-state index in [0.29, 0.717) is 5.56 Å². The number of nitrogens with zero attached hydrogens (tertiary/aromatic N) is 1. The van der Waals surface area contributed by atoms with E-state index in [9.17, 15) is 14.9 Å². The predicted molar refractivity (Wildman–Crippen MR) is 61.3 cm³/mol. The molecule has 1 amide bonds. The molecule has 2 unspecified atom stereocenters. The van der Waals surface area contributed by atoms with Crippen molar-refractivity contribution in [3.8, 4) is 0 Å². The Morgan fingerprint density at radius 1 is 1.59 bits per heavy atom. The summed E-state index contributed by atoms with van der Waals surface area (Å²) in [6.45, 7) is 0. The smallest absolute Gasteiger partial charge is 0.269 e. The van der Waals surface area contributed by atoms with Gasteiger partial charge in [-0.1, -0.05) is 12.1 Å². The first-order valence-corrected chi connectivity index (χ1v) is 5.34. The Labute approximate surface area is 98.0 Å². The lowest BCUT2D eigenvalue weighted by Gasteiger charge is -2.03. The van der Waals surface area contributed by atoms with Crippen molar-refractivity contribution in [2.24, 2.45) is 5.73 Å². The van der Waals surface area contributed by atoms with Gasteiger partial charge in [-0.3, -0.25) is 14.9 Å². The highest BCUT2D eigenvalue weighted by Gasteiger charge is 2.34. The Morgan fingerprint density at radius 2 is 2.29 bits per heavy atom. The molecule has 0 aliphatic heterocycles. The van der Waals surface area contributed by atoms with Crippen molar-refractivity contribution in [2.45, 2.75) is 24.9 Å². The van der Waals surface area contributed by atoms with Gasteiger partial charge in [0.05, 0.1) is 11.3 Å². The fourth-order valence-electron chi connectivity index (χ4n) is 1.60. The summed E-state index contributed by atoms with van der Waals surface area (Å²) in [6.07, 6.45) is 0.950. The van der Waals surface area contributed by atoms with Crippen molar-refractivity contribution in [1.29, 1.82) is 0 Å². The number of carbonyl (C=O) groups excluding carboxylic acids is 1. The maximum Gasteiger partial charge on any atom is 0.269 e. The minimum absolute atomic E-state index is 0.00146. The first-order valence-electron chi connectivity index (χ1n) is 5.34. The Bertz CT molecular complexity index is 461. The normalized spacial score (nSPS) is 21.9. The second kappa shape index (κ2) is 4.50. The zero-order valence-electron chi connectivity index (χ0n) is 9.13. The zero-order valence-corrected chi connectivity index (χ0v) is 9.13. The summed E-state index contributed by atoms with van der Waals surface area (Å²) in [4.78, 5) is 21.6. The van der Waals surface area contributed by atoms with E-state index < -0.39 is 4.92 Å². The monoisotopic (exact) mass is 235 g/mol. The van der Waals surface area contributed by atoms with Gasteiger partial charge in [0.15, 0.2) is 0 Å². The van der Waals surface area contributed by atoms with E-state index in [1.54, 1.807) is 12.1 Å². The van der Waals surface area contributed by atoms with Crippen LogP contribution >= 0.6 is 0 Å². The molecular weight excluding hydrogens is 222 g/mol. The molecule has 1 aromatic rings. The Hall–Kier alpha value is -1.95. The molecule has 17 heavy (non-hydrogen) atoms. The summed E-state index contributed by atoms with van der Waals surface area (Å²) < 4.78 is 0. The summed E-state index contributed by atoms with van der Waals surface area (Å²) in [7, 11) is 0. The van der Waals surface area contributed by atoms with Crippen LogP contribution in [0.25, 0.3) is 0 Å². The van der Waals surface area contributed by atoms with Crippen LogP contribution in [-0.4, -0.2) is 22.9 Å². The van der Waals surface area contributed by atoms with Gasteiger partial charge >= 0.3 is 0 Å². The molecule has 0 saturated heterocycles. The third-order valence-electron chi connectivity index (χ3n) is 2.67. The Kier molecular flexibility index (Phi) is 3.06. The number of non-ortho nitro benzene ring substituents is 1. The number of benzene rings is 1. The van der Waals surface area contributed by atoms with Gasteiger partial charge in [0.1, 0.15) is 0 Å². The van der Waals surface area contributed by atoms with Crippen molar-refractivity contribution in [2.75, 3.05) is 0 Å². The van der Waals surface area contributed by atoms with Crippen LogP contribution in [0.1, 0.15) is 12.0 Å². The molecule has 1 aliphatic rings. The minimum Gasteiger partial charge on any atom is -0.351 e. The highest BCUT2D eigenvalue weighted by molar-refractivity contribution is 5.79. The molecule has 1 saturated carbocycles. The quantitative estimate of drug-likeness (QED) is 0.581. The second-order valence-electron chi connectivity index (χ2n) is 4.18. The van der Waals surface area contributed by atoms with E-state index in [4.69, 9.17) is 5.73 Å². The standard InChI is InChI=1S/C11H13N3O3/c12-9-6-10(9)13-11(15)5-7-2-1-3-8(4-7)14(16)17/h1-4,9-10H,5-6,12H2,(H,13,15). The topological polar surface area (TPSA) is 98.3 Å². The van der Waals surface area contributed by atoms with Gasteiger partial charge in [-0.15, -0.1) is 0 Å². The number of nitrogens with two attached hydrogens (primary N) is 1. The maximum atomic E-state index is 11.6. The van der Waals surface area contributed by atoms with Gasteiger partial charge in [-0.25, -0.2) is 0 Å².